The average molecular weight is 288 g/mol. The van der Waals surface area contributed by atoms with Crippen LogP contribution in [0.3, 0.4) is 0 Å². The summed E-state index contributed by atoms with van der Waals surface area (Å²) in [6, 6.07) is 0.603. The molecule has 1 atom stereocenters. The van der Waals surface area contributed by atoms with Gasteiger partial charge < -0.3 is 20.1 Å². The van der Waals surface area contributed by atoms with Crippen LogP contribution in [0.5, 0.6) is 0 Å². The Labute approximate surface area is 126 Å². The molecular formula is C16H36N2O2. The van der Waals surface area contributed by atoms with E-state index in [9.17, 15) is 0 Å². The molecule has 0 spiro atoms. The molecule has 0 fully saturated rings. The molecule has 0 amide bonds. The van der Waals surface area contributed by atoms with Crippen molar-refractivity contribution < 1.29 is 9.47 Å². The molecule has 0 heterocycles. The van der Waals surface area contributed by atoms with Crippen molar-refractivity contribution in [3.8, 4) is 0 Å². The highest BCUT2D eigenvalue weighted by Crippen LogP contribution is 1.98. The van der Waals surface area contributed by atoms with Crippen molar-refractivity contribution in [2.75, 3.05) is 46.6 Å². The van der Waals surface area contributed by atoms with E-state index in [1.807, 2.05) is 0 Å². The quantitative estimate of drug-likeness (QED) is 0.454. The molecule has 0 saturated carbocycles. The van der Waals surface area contributed by atoms with E-state index >= 15 is 0 Å². The van der Waals surface area contributed by atoms with Crippen LogP contribution < -0.4 is 10.6 Å². The van der Waals surface area contributed by atoms with Gasteiger partial charge in [-0.25, -0.2) is 0 Å². The van der Waals surface area contributed by atoms with Crippen LogP contribution >= 0.6 is 0 Å². The normalized spacial score (nSPS) is 13.1. The minimum absolute atomic E-state index is 0.603. The first-order valence-corrected chi connectivity index (χ1v) is 8.17. The van der Waals surface area contributed by atoms with Crippen LogP contribution in [0.1, 0.15) is 46.5 Å². The third-order valence-electron chi connectivity index (χ3n) is 3.25. The predicted octanol–water partition coefficient (Wildman–Crippen LogP) is 2.43. The summed E-state index contributed by atoms with van der Waals surface area (Å²) in [7, 11) is 1.72. The topological polar surface area (TPSA) is 42.5 Å². The lowest BCUT2D eigenvalue weighted by atomic mass is 10.1. The maximum absolute atomic E-state index is 5.51. The first-order chi connectivity index (χ1) is 9.66. The van der Waals surface area contributed by atoms with Crippen molar-refractivity contribution >= 4 is 0 Å². The highest BCUT2D eigenvalue weighted by atomic mass is 16.5. The molecule has 0 aliphatic rings. The second-order valence-electron chi connectivity index (χ2n) is 5.89. The molecule has 0 aromatic carbocycles. The van der Waals surface area contributed by atoms with Crippen molar-refractivity contribution in [2.24, 2.45) is 5.92 Å². The number of nitrogens with one attached hydrogen (secondary N) is 2. The molecule has 0 aromatic heterocycles. The van der Waals surface area contributed by atoms with Crippen LogP contribution in [-0.4, -0.2) is 52.6 Å². The molecule has 20 heavy (non-hydrogen) atoms. The van der Waals surface area contributed by atoms with E-state index in [4.69, 9.17) is 9.47 Å². The Bertz CT molecular complexity index is 189. The lowest BCUT2D eigenvalue weighted by molar-refractivity contribution is 0.101. The van der Waals surface area contributed by atoms with E-state index in [0.717, 1.165) is 58.2 Å². The fourth-order valence-corrected chi connectivity index (χ4v) is 1.87. The molecule has 0 aromatic rings. The summed E-state index contributed by atoms with van der Waals surface area (Å²) in [5, 5.41) is 7.04. The van der Waals surface area contributed by atoms with Crippen LogP contribution in [0.4, 0.5) is 0 Å². The summed E-state index contributed by atoms with van der Waals surface area (Å²) < 4.78 is 10.5. The van der Waals surface area contributed by atoms with E-state index in [0.29, 0.717) is 6.04 Å². The van der Waals surface area contributed by atoms with Gasteiger partial charge >= 0.3 is 0 Å². The number of methoxy groups -OCH3 is 1. The Kier molecular flexibility index (Phi) is 15.1. The Hall–Kier alpha value is -0.160. The highest BCUT2D eigenvalue weighted by molar-refractivity contribution is 4.63. The van der Waals surface area contributed by atoms with E-state index in [1.54, 1.807) is 7.11 Å². The number of hydrogen-bond acceptors (Lipinski definition) is 4. The molecule has 0 aliphatic carbocycles. The summed E-state index contributed by atoms with van der Waals surface area (Å²) in [6.45, 7) is 12.5. The zero-order chi connectivity index (χ0) is 15.1. The van der Waals surface area contributed by atoms with Crippen LogP contribution in [0.25, 0.3) is 0 Å². The zero-order valence-corrected chi connectivity index (χ0v) is 14.0. The first-order valence-electron chi connectivity index (χ1n) is 8.17. The fourth-order valence-electron chi connectivity index (χ4n) is 1.87. The van der Waals surface area contributed by atoms with Gasteiger partial charge in [-0.15, -0.1) is 0 Å². The summed E-state index contributed by atoms with van der Waals surface area (Å²) >= 11 is 0. The van der Waals surface area contributed by atoms with Crippen LogP contribution in [0.2, 0.25) is 0 Å². The molecular weight excluding hydrogens is 252 g/mol. The van der Waals surface area contributed by atoms with E-state index in [-0.39, 0.29) is 0 Å². The predicted molar refractivity (Wildman–Crippen MR) is 86.3 cm³/mol. The molecule has 0 rings (SSSR count). The lowest BCUT2D eigenvalue weighted by Crippen LogP contribution is -2.31. The Morgan fingerprint density at radius 1 is 0.850 bits per heavy atom. The monoisotopic (exact) mass is 288 g/mol. The summed E-state index contributed by atoms with van der Waals surface area (Å²) in [5.74, 6) is 0.789. The van der Waals surface area contributed by atoms with Gasteiger partial charge in [0.15, 0.2) is 0 Å². The molecule has 0 saturated heterocycles. The maximum Gasteiger partial charge on any atom is 0.0487 e. The number of hydrogen-bond donors (Lipinski definition) is 2. The standard InChI is InChI=1S/C16H36N2O2/c1-15(2)7-11-18-16(3)8-10-17-9-5-13-20-14-6-12-19-4/h15-18H,5-14H2,1-4H3/t16-/m1/s1. The van der Waals surface area contributed by atoms with Gasteiger partial charge in [0.2, 0.25) is 0 Å². The molecule has 0 unspecified atom stereocenters. The summed E-state index contributed by atoms with van der Waals surface area (Å²) in [5.41, 5.74) is 0. The van der Waals surface area contributed by atoms with Crippen LogP contribution in [-0.2, 0) is 9.47 Å². The first kappa shape index (κ1) is 19.8. The van der Waals surface area contributed by atoms with Gasteiger partial charge in [0, 0.05) is 33.0 Å². The number of ether oxygens (including phenoxy) is 2. The molecule has 2 N–H and O–H groups in total. The summed E-state index contributed by atoms with van der Waals surface area (Å²) in [4.78, 5) is 0. The average Bonchev–Trinajstić information content (AvgIpc) is 2.40. The van der Waals surface area contributed by atoms with Gasteiger partial charge in [-0.3, -0.25) is 0 Å². The van der Waals surface area contributed by atoms with Crippen molar-refractivity contribution in [2.45, 2.75) is 52.5 Å². The molecule has 0 aliphatic heterocycles. The van der Waals surface area contributed by atoms with Crippen molar-refractivity contribution in [3.63, 3.8) is 0 Å². The van der Waals surface area contributed by atoms with Crippen LogP contribution in [0, 0.1) is 5.92 Å². The SMILES string of the molecule is COCCCOCCCNCC[C@@H](C)NCCC(C)C. The van der Waals surface area contributed by atoms with Gasteiger partial charge in [0.05, 0.1) is 0 Å². The molecule has 4 nitrogen and oxygen atoms in total. The Morgan fingerprint density at radius 3 is 2.30 bits per heavy atom. The van der Waals surface area contributed by atoms with Crippen molar-refractivity contribution in [3.05, 3.63) is 0 Å². The van der Waals surface area contributed by atoms with Gasteiger partial charge in [-0.1, -0.05) is 13.8 Å². The largest absolute Gasteiger partial charge is 0.385 e. The second-order valence-corrected chi connectivity index (χ2v) is 5.89. The smallest absolute Gasteiger partial charge is 0.0487 e. The zero-order valence-electron chi connectivity index (χ0n) is 14.0. The van der Waals surface area contributed by atoms with Crippen molar-refractivity contribution in [1.82, 2.24) is 10.6 Å². The summed E-state index contributed by atoms with van der Waals surface area (Å²) in [6.07, 6.45) is 4.52. The van der Waals surface area contributed by atoms with Crippen LogP contribution in [0.15, 0.2) is 0 Å². The second kappa shape index (κ2) is 15.2. The van der Waals surface area contributed by atoms with Gasteiger partial charge in [-0.05, 0) is 58.2 Å². The fraction of sp³-hybridized carbons (Fsp3) is 1.00. The third kappa shape index (κ3) is 15.9. The van der Waals surface area contributed by atoms with Gasteiger partial charge in [-0.2, -0.15) is 0 Å². The third-order valence-corrected chi connectivity index (χ3v) is 3.25. The maximum atomic E-state index is 5.51. The lowest BCUT2D eigenvalue weighted by Gasteiger charge is -2.15. The molecule has 0 radical (unpaired) electrons. The van der Waals surface area contributed by atoms with Gasteiger partial charge in [0.25, 0.3) is 0 Å². The van der Waals surface area contributed by atoms with E-state index in [2.05, 4.69) is 31.4 Å². The van der Waals surface area contributed by atoms with Gasteiger partial charge in [0.1, 0.15) is 0 Å². The number of rotatable bonds is 15. The van der Waals surface area contributed by atoms with E-state index in [1.165, 1.54) is 12.8 Å². The highest BCUT2D eigenvalue weighted by Gasteiger charge is 2.01. The minimum Gasteiger partial charge on any atom is -0.385 e. The Morgan fingerprint density at radius 2 is 1.60 bits per heavy atom. The Balaban J connectivity index is 3.11. The molecule has 122 valence electrons. The minimum atomic E-state index is 0.603. The van der Waals surface area contributed by atoms with E-state index < -0.39 is 0 Å². The molecule has 4 heteroatoms. The van der Waals surface area contributed by atoms with Crippen molar-refractivity contribution in [1.29, 1.82) is 0 Å². The molecule has 0 bridgehead atoms.